The topological polar surface area (TPSA) is 292 Å². The van der Waals surface area contributed by atoms with Crippen molar-refractivity contribution in [1.29, 1.82) is 0 Å². The number of methoxy groups -OCH3 is 1. The Balaban J connectivity index is 0.00000703. The van der Waals surface area contributed by atoms with Crippen molar-refractivity contribution < 1.29 is 141 Å². The van der Waals surface area contributed by atoms with Crippen LogP contribution in [0.25, 0.3) is 17.4 Å². The molecule has 73 heavy (non-hydrogen) atoms. The van der Waals surface area contributed by atoms with Gasteiger partial charge in [-0.25, -0.2) is 34.6 Å². The van der Waals surface area contributed by atoms with Crippen LogP contribution >= 0.6 is 0 Å². The zero-order chi connectivity index (χ0) is 52.2. The fourth-order valence-electron chi connectivity index (χ4n) is 8.28. The van der Waals surface area contributed by atoms with Gasteiger partial charge in [0.25, 0.3) is 11.8 Å². The smallest absolute Gasteiger partial charge is 0.748 e. The van der Waals surface area contributed by atoms with Gasteiger partial charge in [-0.1, -0.05) is 26.8 Å². The fraction of sp³-hybridized carbons (Fsp3) is 0.532. The van der Waals surface area contributed by atoms with E-state index in [4.69, 9.17) is 28.2 Å². The molecule has 0 saturated carbocycles. The van der Waals surface area contributed by atoms with Gasteiger partial charge in [-0.3, -0.25) is 9.59 Å². The largest absolute Gasteiger partial charge is 1.00 e. The third kappa shape index (κ3) is 19.3. The van der Waals surface area contributed by atoms with E-state index in [0.717, 1.165) is 11.1 Å². The van der Waals surface area contributed by atoms with Gasteiger partial charge < -0.3 is 46.8 Å². The van der Waals surface area contributed by atoms with Gasteiger partial charge in [0.15, 0.2) is 6.54 Å². The maximum absolute atomic E-state index is 12.3. The number of nitrogens with zero attached hydrogens (tertiary/aromatic N) is 3. The molecule has 3 heterocycles. The Hall–Kier alpha value is -2.89. The van der Waals surface area contributed by atoms with E-state index in [1.54, 1.807) is 32.3 Å². The van der Waals surface area contributed by atoms with E-state index < -0.39 is 70.0 Å². The molecule has 392 valence electrons. The fourth-order valence-corrected chi connectivity index (χ4v) is 9.76. The predicted molar refractivity (Wildman–Crippen MR) is 254 cm³/mol. The Morgan fingerprint density at radius 1 is 0.808 bits per heavy atom. The minimum Gasteiger partial charge on any atom is -0.748 e. The summed E-state index contributed by atoms with van der Waals surface area (Å²) in [4.78, 5) is 41.8. The summed E-state index contributed by atoms with van der Waals surface area (Å²) in [6.45, 7) is 9.86. The second kappa shape index (κ2) is 28.5. The third-order valence-corrected chi connectivity index (χ3v) is 14.2. The number of carbonyl (C=O) groups is 3. The zero-order valence-electron chi connectivity index (χ0n) is 42.4. The van der Waals surface area contributed by atoms with Crippen LogP contribution < -0.4 is 73.9 Å². The van der Waals surface area contributed by atoms with Gasteiger partial charge in [0.05, 0.1) is 77.3 Å². The number of benzene rings is 2. The average Bonchev–Trinajstić information content (AvgIpc) is 3.71. The molecule has 2 amide bonds. The van der Waals surface area contributed by atoms with E-state index in [2.05, 4.69) is 0 Å². The standard InChI is InChI=1S/C47H63N3O18S3.2Na/c1-46(2,3)38-32-35(67-41-31-34(11-13-37(38)41)48(19-8-30-70(57,58)59)20-23-65-26-25-63-5)9-6-10-42-47(4,18-7-29-69(54,55)56)39-33-36(71(60,61)62)12-14-40(39)49(42)21-24-66-28-27-64-22-17-45(53)68-50-43(51)15-16-44(50)52;;/h6,9-14,31-33H,7-8,15-30H2,1-5H3,(H2-,54,55,56,57,58,59,60,61,62);;/q;2*+1/p-2. The van der Waals surface area contributed by atoms with Crippen LogP contribution in [-0.2, 0) is 79.4 Å². The number of imide groups is 1. The number of fused-ring (bicyclic) bond motifs is 2. The second-order valence-electron chi connectivity index (χ2n) is 18.1. The van der Waals surface area contributed by atoms with Crippen LogP contribution in [0.1, 0.15) is 83.1 Å². The van der Waals surface area contributed by atoms with Gasteiger partial charge in [-0.15, -0.1) is 5.06 Å². The van der Waals surface area contributed by atoms with Crippen LogP contribution in [0.4, 0.5) is 5.69 Å². The minimum absolute atomic E-state index is 0. The Morgan fingerprint density at radius 2 is 1.44 bits per heavy atom. The summed E-state index contributed by atoms with van der Waals surface area (Å²) in [6.07, 6.45) is 4.93. The summed E-state index contributed by atoms with van der Waals surface area (Å²) in [5.74, 6) is -2.31. The number of rotatable bonds is 27. The molecule has 1 aromatic carbocycles. The van der Waals surface area contributed by atoms with Crippen molar-refractivity contribution in [3.63, 3.8) is 0 Å². The number of carbonyl (C=O) groups excluding carboxylic acids is 3. The predicted octanol–water partition coefficient (Wildman–Crippen LogP) is -3.00. The molecule has 1 aliphatic carbocycles. The summed E-state index contributed by atoms with van der Waals surface area (Å²) < 4.78 is 137. The van der Waals surface area contributed by atoms with Crippen LogP contribution in [0.2, 0.25) is 0 Å². The maximum Gasteiger partial charge on any atom is 1.00 e. The monoisotopic (exact) mass is 1100 g/mol. The van der Waals surface area contributed by atoms with Gasteiger partial charge in [0.2, 0.25) is 5.36 Å². The van der Waals surface area contributed by atoms with E-state index in [1.807, 2.05) is 54.5 Å². The van der Waals surface area contributed by atoms with Crippen molar-refractivity contribution in [1.82, 2.24) is 9.64 Å². The Kier molecular flexibility index (Phi) is 25.1. The molecular formula is C47H61N3Na2O18S3. The molecule has 1 unspecified atom stereocenters. The first-order valence-corrected chi connectivity index (χ1v) is 27.5. The van der Waals surface area contributed by atoms with E-state index in [-0.39, 0.29) is 143 Å². The average molecular weight is 1100 g/mol. The number of allylic oxidation sites excluding steroid dienone is 3. The van der Waals surface area contributed by atoms with Crippen molar-refractivity contribution in [2.75, 3.05) is 89.4 Å². The van der Waals surface area contributed by atoms with Crippen LogP contribution in [0.5, 0.6) is 0 Å². The first kappa shape index (κ1) is 64.4. The number of amides is 2. The van der Waals surface area contributed by atoms with E-state index in [0.29, 0.717) is 65.3 Å². The molecule has 0 N–H and O–H groups in total. The number of hydroxylamine groups is 2. The Bertz CT molecular complexity index is 2830. The van der Waals surface area contributed by atoms with Crippen LogP contribution in [0.15, 0.2) is 69.6 Å². The first-order valence-electron chi connectivity index (χ1n) is 22.9. The van der Waals surface area contributed by atoms with E-state index >= 15 is 0 Å². The zero-order valence-corrected chi connectivity index (χ0v) is 48.9. The molecule has 1 atom stereocenters. The van der Waals surface area contributed by atoms with Crippen LogP contribution in [0.3, 0.4) is 0 Å². The molecule has 0 bridgehead atoms. The molecule has 0 aromatic heterocycles. The summed E-state index contributed by atoms with van der Waals surface area (Å²) in [7, 11) is -12.4. The molecule has 1 saturated heterocycles. The molecule has 0 spiro atoms. The van der Waals surface area contributed by atoms with Crippen molar-refractivity contribution in [3.05, 3.63) is 82.6 Å². The molecule has 0 radical (unpaired) electrons. The minimum atomic E-state index is -4.93. The van der Waals surface area contributed by atoms with Gasteiger partial charge in [0.1, 0.15) is 34.8 Å². The van der Waals surface area contributed by atoms with E-state index in [9.17, 15) is 53.3 Å². The Morgan fingerprint density at radius 3 is 2.07 bits per heavy atom. The Labute approximate surface area is 471 Å². The van der Waals surface area contributed by atoms with Crippen LogP contribution in [-0.4, -0.2) is 146 Å². The maximum atomic E-state index is 12.3. The van der Waals surface area contributed by atoms with Gasteiger partial charge in [-0.2, -0.15) is 0 Å². The number of hydrogen-bond donors (Lipinski definition) is 0. The summed E-state index contributed by atoms with van der Waals surface area (Å²) >= 11 is 0. The summed E-state index contributed by atoms with van der Waals surface area (Å²) in [5.41, 5.74) is 1.71. The number of hydrogen-bond acceptors (Lipinski definition) is 19. The molecule has 1 aromatic rings. The summed E-state index contributed by atoms with van der Waals surface area (Å²) in [5, 5.41) is 1.15. The van der Waals surface area contributed by atoms with Crippen molar-refractivity contribution in [3.8, 4) is 11.3 Å². The van der Waals surface area contributed by atoms with Crippen LogP contribution in [0, 0.1) is 0 Å². The number of ether oxygens (including phenoxy) is 4. The quantitative estimate of drug-likeness (QED) is 0.0242. The molecule has 26 heteroatoms. The third-order valence-electron chi connectivity index (χ3n) is 11.8. The normalized spacial score (nSPS) is 17.3. The van der Waals surface area contributed by atoms with E-state index in [1.165, 1.54) is 18.2 Å². The van der Waals surface area contributed by atoms with Gasteiger partial charge in [-0.05, 0) is 78.8 Å². The first-order chi connectivity index (χ1) is 33.3. The molecule has 3 aliphatic heterocycles. The SMILES string of the molecule is COCCOCC[N+](CCCS(=O)(=O)[O-])=c1ccc2c(C(C)(C)C)cc(/C=C/C=C3/N(CCOCCOCCC(=O)ON4C(=O)CCC4=O)c4ccc(S(=O)(=O)[O-])cc4C3(C)CCCS(=O)(=O)[O-])oc-2c1.[Na+].[Na+]. The van der Waals surface area contributed by atoms with Crippen molar-refractivity contribution in [2.24, 2.45) is 0 Å². The van der Waals surface area contributed by atoms with Crippen molar-refractivity contribution in [2.45, 2.75) is 81.9 Å². The molecule has 5 rings (SSSR count). The van der Waals surface area contributed by atoms with Gasteiger partial charge >= 0.3 is 65.1 Å². The molecular weight excluding hydrogens is 1040 g/mol. The summed E-state index contributed by atoms with van der Waals surface area (Å²) in [6, 6.07) is 11.5. The van der Waals surface area contributed by atoms with Gasteiger partial charge in [0, 0.05) is 72.9 Å². The molecule has 4 aliphatic rings. The van der Waals surface area contributed by atoms with Crippen molar-refractivity contribution >= 4 is 59.9 Å². The second-order valence-corrected chi connectivity index (χ2v) is 22.5. The number of anilines is 1. The molecule has 21 nitrogen and oxygen atoms in total. The molecule has 1 fully saturated rings.